The van der Waals surface area contributed by atoms with E-state index in [1.165, 1.54) is 101 Å². The number of carboxylic acid groups (broad SMARTS) is 1. The maximum absolute atomic E-state index is 11.0. The van der Waals surface area contributed by atoms with E-state index in [0.717, 1.165) is 12.8 Å². The summed E-state index contributed by atoms with van der Waals surface area (Å²) in [7, 11) is 0. The summed E-state index contributed by atoms with van der Waals surface area (Å²) in [5, 5.41) is 9.08. The first kappa shape index (κ1) is 30.9. The predicted octanol–water partition coefficient (Wildman–Crippen LogP) is 10.7. The second-order valence-corrected chi connectivity index (χ2v) is 10.0. The second kappa shape index (κ2) is 22.4. The van der Waals surface area contributed by atoms with Gasteiger partial charge in [-0.3, -0.25) is 4.79 Å². The summed E-state index contributed by atoms with van der Waals surface area (Å²) >= 11 is 0. The Kier molecular flexibility index (Phi) is 19.8. The molecular formula is C33H52O2. The van der Waals surface area contributed by atoms with Crippen LogP contribution in [0.1, 0.15) is 123 Å². The Morgan fingerprint density at radius 1 is 0.571 bits per heavy atom. The lowest BCUT2D eigenvalue weighted by molar-refractivity contribution is -0.138. The third kappa shape index (κ3) is 17.9. The molecule has 2 heteroatoms. The molecule has 0 radical (unpaired) electrons. The van der Waals surface area contributed by atoms with E-state index in [2.05, 4.69) is 62.4 Å². The normalized spacial score (nSPS) is 11.5. The molecule has 0 aliphatic heterocycles. The molecule has 0 bridgehead atoms. The topological polar surface area (TPSA) is 37.3 Å². The Labute approximate surface area is 216 Å². The maximum Gasteiger partial charge on any atom is 0.303 e. The summed E-state index contributed by atoms with van der Waals surface area (Å²) < 4.78 is 0. The van der Waals surface area contributed by atoms with Crippen LogP contribution in [0.4, 0.5) is 0 Å². The molecule has 196 valence electrons. The molecule has 0 saturated carbocycles. The van der Waals surface area contributed by atoms with E-state index in [-0.39, 0.29) is 0 Å². The molecule has 1 N–H and O–H groups in total. The average molecular weight is 481 g/mol. The molecule has 2 aromatic rings. The zero-order chi connectivity index (χ0) is 25.4. The van der Waals surface area contributed by atoms with Crippen molar-refractivity contribution in [1.29, 1.82) is 0 Å². The van der Waals surface area contributed by atoms with Crippen LogP contribution in [0, 0.1) is 5.92 Å². The molecule has 2 aromatic carbocycles. The van der Waals surface area contributed by atoms with E-state index in [9.17, 15) is 4.79 Å². The molecule has 2 nitrogen and oxygen atoms in total. The number of aliphatic carboxylic acids is 1. The minimum atomic E-state index is -0.611. The van der Waals surface area contributed by atoms with Gasteiger partial charge in [-0.25, -0.2) is 0 Å². The van der Waals surface area contributed by atoms with Gasteiger partial charge in [-0.05, 0) is 29.9 Å². The molecule has 2 rings (SSSR count). The highest BCUT2D eigenvalue weighted by Crippen LogP contribution is 2.22. The van der Waals surface area contributed by atoms with Gasteiger partial charge < -0.3 is 5.11 Å². The Balaban J connectivity index is 0.000000420. The quantitative estimate of drug-likeness (QED) is 0.203. The van der Waals surface area contributed by atoms with E-state index in [4.69, 9.17) is 5.11 Å². The molecular weight excluding hydrogens is 428 g/mol. The summed E-state index contributed by atoms with van der Waals surface area (Å²) in [5.41, 5.74) is 2.55. The van der Waals surface area contributed by atoms with Gasteiger partial charge in [0, 0.05) is 6.42 Å². The number of hydrogen-bond donors (Lipinski definition) is 1. The summed E-state index contributed by atoms with van der Waals surface area (Å²) in [4.78, 5) is 11.0. The summed E-state index contributed by atoms with van der Waals surface area (Å²) in [6, 6.07) is 20.8. The molecule has 0 spiro atoms. The lowest BCUT2D eigenvalue weighted by Crippen LogP contribution is -2.08. The van der Waals surface area contributed by atoms with Crippen LogP contribution in [0.2, 0.25) is 0 Å². The standard InChI is InChI=1S/C21H42O2.C12H10/c1-3-5-7-9-11-12-14-16-18-20(19-21(22)23)17-15-13-10-8-6-4-2;1-3-7-11(8-4-1)12-9-5-2-6-10-12/h20H,3-19H2,1-2H3,(H,22,23);1-10H. The van der Waals surface area contributed by atoms with E-state index < -0.39 is 5.97 Å². The number of hydrogen-bond acceptors (Lipinski definition) is 1. The summed E-state index contributed by atoms with van der Waals surface area (Å²) in [6.07, 6.45) is 21.1. The highest BCUT2D eigenvalue weighted by atomic mass is 16.4. The number of unbranched alkanes of at least 4 members (excludes halogenated alkanes) is 12. The van der Waals surface area contributed by atoms with Gasteiger partial charge in [0.1, 0.15) is 0 Å². The molecule has 0 amide bonds. The van der Waals surface area contributed by atoms with Gasteiger partial charge in [-0.1, -0.05) is 164 Å². The Hall–Kier alpha value is -2.09. The molecule has 0 aromatic heterocycles. The van der Waals surface area contributed by atoms with Crippen molar-refractivity contribution >= 4 is 5.97 Å². The zero-order valence-corrected chi connectivity index (χ0v) is 22.7. The summed E-state index contributed by atoms with van der Waals surface area (Å²) in [5.74, 6) is -0.195. The van der Waals surface area contributed by atoms with E-state index >= 15 is 0 Å². The minimum absolute atomic E-state index is 0.380. The Morgan fingerprint density at radius 3 is 1.26 bits per heavy atom. The van der Waals surface area contributed by atoms with Crippen molar-refractivity contribution in [3.63, 3.8) is 0 Å². The number of benzene rings is 2. The van der Waals surface area contributed by atoms with Crippen molar-refractivity contribution < 1.29 is 9.90 Å². The van der Waals surface area contributed by atoms with E-state index in [1.807, 2.05) is 12.1 Å². The van der Waals surface area contributed by atoms with E-state index in [1.54, 1.807) is 0 Å². The molecule has 0 heterocycles. The molecule has 1 unspecified atom stereocenters. The zero-order valence-electron chi connectivity index (χ0n) is 22.7. The predicted molar refractivity (Wildman–Crippen MR) is 153 cm³/mol. The lowest BCUT2D eigenvalue weighted by atomic mass is 9.91. The fourth-order valence-corrected chi connectivity index (χ4v) is 4.64. The third-order valence-corrected chi connectivity index (χ3v) is 6.78. The fourth-order valence-electron chi connectivity index (χ4n) is 4.64. The molecule has 35 heavy (non-hydrogen) atoms. The Morgan fingerprint density at radius 2 is 0.914 bits per heavy atom. The van der Waals surface area contributed by atoms with Crippen molar-refractivity contribution in [2.75, 3.05) is 0 Å². The first-order valence-electron chi connectivity index (χ1n) is 14.5. The number of rotatable bonds is 19. The van der Waals surface area contributed by atoms with Crippen LogP contribution in [-0.2, 0) is 4.79 Å². The van der Waals surface area contributed by atoms with E-state index in [0.29, 0.717) is 12.3 Å². The highest BCUT2D eigenvalue weighted by Gasteiger charge is 2.12. The summed E-state index contributed by atoms with van der Waals surface area (Å²) in [6.45, 7) is 4.50. The molecule has 0 saturated heterocycles. The lowest BCUT2D eigenvalue weighted by Gasteiger charge is -2.14. The highest BCUT2D eigenvalue weighted by molar-refractivity contribution is 5.67. The van der Waals surface area contributed by atoms with Crippen molar-refractivity contribution in [3.8, 4) is 11.1 Å². The smallest absolute Gasteiger partial charge is 0.303 e. The largest absolute Gasteiger partial charge is 0.481 e. The van der Waals surface area contributed by atoms with Crippen molar-refractivity contribution in [2.45, 2.75) is 123 Å². The molecule has 0 aliphatic carbocycles. The fraction of sp³-hybridized carbons (Fsp3) is 0.606. The van der Waals surface area contributed by atoms with Gasteiger partial charge in [0.05, 0.1) is 0 Å². The Bertz CT molecular complexity index is 673. The maximum atomic E-state index is 11.0. The van der Waals surface area contributed by atoms with Crippen LogP contribution in [0.25, 0.3) is 11.1 Å². The van der Waals surface area contributed by atoms with Gasteiger partial charge in [0.15, 0.2) is 0 Å². The first-order valence-corrected chi connectivity index (χ1v) is 14.5. The average Bonchev–Trinajstić information content (AvgIpc) is 2.88. The van der Waals surface area contributed by atoms with Crippen LogP contribution < -0.4 is 0 Å². The third-order valence-electron chi connectivity index (χ3n) is 6.78. The molecule has 0 aliphatic rings. The van der Waals surface area contributed by atoms with Gasteiger partial charge in [0.2, 0.25) is 0 Å². The molecule has 0 fully saturated rings. The van der Waals surface area contributed by atoms with Crippen LogP contribution in [0.15, 0.2) is 60.7 Å². The van der Waals surface area contributed by atoms with Crippen LogP contribution in [-0.4, -0.2) is 11.1 Å². The SMILES string of the molecule is CCCCCCCCCCC(CCCCCCCC)CC(=O)O.c1ccc(-c2ccccc2)cc1. The van der Waals surface area contributed by atoms with Crippen LogP contribution in [0.3, 0.4) is 0 Å². The van der Waals surface area contributed by atoms with Gasteiger partial charge in [-0.15, -0.1) is 0 Å². The molecule has 1 atom stereocenters. The van der Waals surface area contributed by atoms with Gasteiger partial charge >= 0.3 is 5.97 Å². The second-order valence-electron chi connectivity index (χ2n) is 10.0. The number of carboxylic acids is 1. The first-order chi connectivity index (χ1) is 17.2. The van der Waals surface area contributed by atoms with Crippen LogP contribution >= 0.6 is 0 Å². The van der Waals surface area contributed by atoms with Crippen molar-refractivity contribution in [1.82, 2.24) is 0 Å². The number of carbonyl (C=O) groups is 1. The van der Waals surface area contributed by atoms with Gasteiger partial charge in [-0.2, -0.15) is 0 Å². The van der Waals surface area contributed by atoms with Gasteiger partial charge in [0.25, 0.3) is 0 Å². The van der Waals surface area contributed by atoms with Crippen LogP contribution in [0.5, 0.6) is 0 Å². The van der Waals surface area contributed by atoms with Crippen molar-refractivity contribution in [2.24, 2.45) is 5.92 Å². The minimum Gasteiger partial charge on any atom is -0.481 e. The monoisotopic (exact) mass is 480 g/mol. The van der Waals surface area contributed by atoms with Crippen molar-refractivity contribution in [3.05, 3.63) is 60.7 Å².